The van der Waals surface area contributed by atoms with Crippen LogP contribution >= 0.6 is 0 Å². The number of allylic oxidation sites excluding steroid dienone is 5. The van der Waals surface area contributed by atoms with Crippen molar-refractivity contribution >= 4 is 17.3 Å². The van der Waals surface area contributed by atoms with Gasteiger partial charge in [-0.15, -0.1) is 0 Å². The molecule has 0 heterocycles. The maximum atomic E-state index is 12.9. The minimum atomic E-state index is -1.16. The molecule has 2 rings (SSSR count). The number of phenols is 1. The van der Waals surface area contributed by atoms with E-state index < -0.39 is 11.8 Å². The molecule has 0 bridgehead atoms. The number of rotatable bonds is 8. The molecule has 0 saturated heterocycles. The van der Waals surface area contributed by atoms with E-state index in [0.29, 0.717) is 11.1 Å². The van der Waals surface area contributed by atoms with Crippen molar-refractivity contribution in [1.82, 2.24) is 0 Å². The molecule has 0 aromatic heterocycles. The number of phenolic OH excluding ortho intramolecular Hbond substituents is 1. The first kappa shape index (κ1) is 19.9. The van der Waals surface area contributed by atoms with Crippen molar-refractivity contribution in [3.8, 4) is 5.75 Å². The van der Waals surface area contributed by atoms with E-state index in [1.54, 1.807) is 30.4 Å². The van der Waals surface area contributed by atoms with Gasteiger partial charge < -0.3 is 10.2 Å². The largest absolute Gasteiger partial charge is 0.507 e. The number of carboxylic acid groups (broad SMARTS) is 1. The Morgan fingerprint density at radius 1 is 1.07 bits per heavy atom. The Morgan fingerprint density at radius 3 is 2.41 bits per heavy atom. The van der Waals surface area contributed by atoms with Crippen LogP contribution in [0.2, 0.25) is 0 Å². The molecule has 0 fully saturated rings. The summed E-state index contributed by atoms with van der Waals surface area (Å²) < 4.78 is 0. The van der Waals surface area contributed by atoms with Crippen LogP contribution in [0.15, 0.2) is 73.3 Å². The molecule has 0 atom stereocenters. The molecule has 0 spiro atoms. The van der Waals surface area contributed by atoms with E-state index in [0.717, 1.165) is 18.4 Å². The Kier molecular flexibility index (Phi) is 6.89. The normalized spacial score (nSPS) is 11.5. The first-order valence-corrected chi connectivity index (χ1v) is 8.69. The zero-order valence-corrected chi connectivity index (χ0v) is 15.2. The lowest BCUT2D eigenvalue weighted by atomic mass is 9.94. The summed E-state index contributed by atoms with van der Waals surface area (Å²) in [4.78, 5) is 24.3. The molecular weight excluding hydrogens is 340 g/mol. The van der Waals surface area contributed by atoms with Crippen LogP contribution < -0.4 is 0 Å². The number of carbonyl (C=O) groups excluding carboxylic acids is 1. The fraction of sp³-hybridized carbons (Fsp3) is 0.130. The Balaban J connectivity index is 2.51. The van der Waals surface area contributed by atoms with E-state index in [-0.39, 0.29) is 16.9 Å². The Bertz CT molecular complexity index is 920. The first-order valence-electron chi connectivity index (χ1n) is 8.69. The molecule has 4 nitrogen and oxygen atoms in total. The summed E-state index contributed by atoms with van der Waals surface area (Å²) in [5.74, 6) is -1.54. The van der Waals surface area contributed by atoms with Crippen LogP contribution in [-0.2, 0) is 0 Å². The van der Waals surface area contributed by atoms with Gasteiger partial charge in [-0.3, -0.25) is 4.79 Å². The number of hydrogen-bond donors (Lipinski definition) is 2. The zero-order chi connectivity index (χ0) is 19.8. The lowest BCUT2D eigenvalue weighted by molar-refractivity contribution is 0.0693. The molecule has 0 radical (unpaired) electrons. The molecule has 0 saturated carbocycles. The second-order valence-corrected chi connectivity index (χ2v) is 5.96. The summed E-state index contributed by atoms with van der Waals surface area (Å²) in [6.45, 7) is 5.76. The Hall–Kier alpha value is -3.40. The van der Waals surface area contributed by atoms with Crippen molar-refractivity contribution in [2.45, 2.75) is 19.8 Å². The average molecular weight is 362 g/mol. The highest BCUT2D eigenvalue weighted by Crippen LogP contribution is 2.29. The molecular formula is C23H22O4. The van der Waals surface area contributed by atoms with Gasteiger partial charge in [-0.05, 0) is 36.3 Å². The molecule has 0 amide bonds. The summed E-state index contributed by atoms with van der Waals surface area (Å²) in [6, 6.07) is 10.6. The van der Waals surface area contributed by atoms with Gasteiger partial charge >= 0.3 is 5.97 Å². The third-order valence-electron chi connectivity index (χ3n) is 4.02. The number of hydrogen-bond acceptors (Lipinski definition) is 3. The molecule has 0 aliphatic heterocycles. The van der Waals surface area contributed by atoms with Crippen LogP contribution in [0.1, 0.15) is 51.6 Å². The number of carboxylic acids is 1. The molecule has 0 unspecified atom stereocenters. The van der Waals surface area contributed by atoms with Crippen LogP contribution in [0.3, 0.4) is 0 Å². The fourth-order valence-corrected chi connectivity index (χ4v) is 2.67. The Labute approximate surface area is 158 Å². The van der Waals surface area contributed by atoms with Crippen molar-refractivity contribution in [3.63, 3.8) is 0 Å². The summed E-state index contributed by atoms with van der Waals surface area (Å²) in [5, 5.41) is 19.6. The van der Waals surface area contributed by atoms with Crippen molar-refractivity contribution in [2.75, 3.05) is 0 Å². The van der Waals surface area contributed by atoms with Gasteiger partial charge in [0.15, 0.2) is 5.78 Å². The molecule has 27 heavy (non-hydrogen) atoms. The second kappa shape index (κ2) is 9.34. The lowest BCUT2D eigenvalue weighted by Crippen LogP contribution is -2.09. The molecule has 2 aromatic rings. The summed E-state index contributed by atoms with van der Waals surface area (Å²) in [6.07, 6.45) is 9.11. The maximum absolute atomic E-state index is 12.9. The molecule has 0 aliphatic carbocycles. The lowest BCUT2D eigenvalue weighted by Gasteiger charge is -2.10. The predicted octanol–water partition coefficient (Wildman–Crippen LogP) is 5.25. The van der Waals surface area contributed by atoms with E-state index in [9.17, 15) is 19.8 Å². The summed E-state index contributed by atoms with van der Waals surface area (Å²) >= 11 is 0. The van der Waals surface area contributed by atoms with Crippen LogP contribution in [0, 0.1) is 0 Å². The summed E-state index contributed by atoms with van der Waals surface area (Å²) in [7, 11) is 0. The third kappa shape index (κ3) is 4.82. The van der Waals surface area contributed by atoms with Crippen molar-refractivity contribution in [3.05, 3.63) is 95.6 Å². The molecule has 0 aliphatic rings. The van der Waals surface area contributed by atoms with Gasteiger partial charge in [0, 0.05) is 16.7 Å². The van der Waals surface area contributed by atoms with E-state index in [4.69, 9.17) is 0 Å². The number of carbonyl (C=O) groups is 2. The van der Waals surface area contributed by atoms with Crippen molar-refractivity contribution in [1.29, 1.82) is 0 Å². The topological polar surface area (TPSA) is 74.6 Å². The van der Waals surface area contributed by atoms with E-state index in [1.807, 2.05) is 12.2 Å². The second-order valence-electron chi connectivity index (χ2n) is 5.96. The van der Waals surface area contributed by atoms with E-state index in [1.165, 1.54) is 24.3 Å². The predicted molar refractivity (Wildman–Crippen MR) is 107 cm³/mol. The number of ketones is 1. The highest BCUT2D eigenvalue weighted by molar-refractivity contribution is 6.14. The molecule has 2 N–H and O–H groups in total. The van der Waals surface area contributed by atoms with Crippen LogP contribution in [0.4, 0.5) is 0 Å². The van der Waals surface area contributed by atoms with E-state index in [2.05, 4.69) is 13.5 Å². The fourth-order valence-electron chi connectivity index (χ4n) is 2.67. The average Bonchev–Trinajstić information content (AvgIpc) is 2.67. The highest BCUT2D eigenvalue weighted by atomic mass is 16.4. The smallest absolute Gasteiger partial charge is 0.336 e. The molecule has 4 heteroatoms. The van der Waals surface area contributed by atoms with Gasteiger partial charge in [-0.2, -0.15) is 0 Å². The third-order valence-corrected chi connectivity index (χ3v) is 4.02. The number of unbranched alkanes of at least 4 members (excludes halogenated alkanes) is 1. The van der Waals surface area contributed by atoms with Crippen LogP contribution in [0.25, 0.3) is 5.57 Å². The minimum Gasteiger partial charge on any atom is -0.507 e. The number of benzene rings is 2. The number of aromatic carboxylic acids is 1. The van der Waals surface area contributed by atoms with Crippen LogP contribution in [-0.4, -0.2) is 22.0 Å². The zero-order valence-electron chi connectivity index (χ0n) is 15.2. The van der Waals surface area contributed by atoms with Gasteiger partial charge in [0.25, 0.3) is 0 Å². The molecule has 2 aromatic carbocycles. The van der Waals surface area contributed by atoms with Gasteiger partial charge in [0.05, 0.1) is 5.56 Å². The standard InChI is InChI=1S/C23H22O4/c1-3-5-6-10-16(9-4-2)20-15-17(13-14-21(20)24)22(25)18-11-7-8-12-19(18)23(26)27/h4,6-15,24H,2-3,5H2,1H3,(H,26,27)/b10-6-,16-9+. The quantitative estimate of drug-likeness (QED) is 0.497. The van der Waals surface area contributed by atoms with Gasteiger partial charge in [0.2, 0.25) is 0 Å². The number of aromatic hydroxyl groups is 1. The van der Waals surface area contributed by atoms with Gasteiger partial charge in [0.1, 0.15) is 5.75 Å². The van der Waals surface area contributed by atoms with Crippen molar-refractivity contribution in [2.24, 2.45) is 0 Å². The highest BCUT2D eigenvalue weighted by Gasteiger charge is 2.18. The maximum Gasteiger partial charge on any atom is 0.336 e. The van der Waals surface area contributed by atoms with E-state index >= 15 is 0 Å². The van der Waals surface area contributed by atoms with Crippen molar-refractivity contribution < 1.29 is 19.8 Å². The van der Waals surface area contributed by atoms with Gasteiger partial charge in [-0.1, -0.05) is 62.4 Å². The van der Waals surface area contributed by atoms with Gasteiger partial charge in [-0.25, -0.2) is 4.79 Å². The van der Waals surface area contributed by atoms with Crippen LogP contribution in [0.5, 0.6) is 5.75 Å². The first-order chi connectivity index (χ1) is 13.0. The monoisotopic (exact) mass is 362 g/mol. The SMILES string of the molecule is C=C/C=C(\C=C/CCC)c1cc(C(=O)c2ccccc2C(=O)O)ccc1O. The summed E-state index contributed by atoms with van der Waals surface area (Å²) in [5.41, 5.74) is 1.56. The molecule has 138 valence electrons. The Morgan fingerprint density at radius 2 is 1.78 bits per heavy atom. The minimum absolute atomic E-state index is 0.0346.